The molecule has 6 nitrogen and oxygen atoms in total. The van der Waals surface area contributed by atoms with Gasteiger partial charge in [-0.3, -0.25) is 0 Å². The van der Waals surface area contributed by atoms with Crippen LogP contribution >= 0.6 is 0 Å². The van der Waals surface area contributed by atoms with Crippen LogP contribution in [-0.4, -0.2) is 50.4 Å². The number of sulfonamides is 1. The molecule has 0 bridgehead atoms. The Bertz CT molecular complexity index is 523. The standard InChI is InChI=1S/C12H21F3N4O2S/c1-9(2)7-17-11(16)18-8-10-3-5-19(6-4-10)22(20,21)12(13,14)15/h10H,1,3-8H2,2H3,(H3,16,17,18). The lowest BCUT2D eigenvalue weighted by Gasteiger charge is -2.31. The van der Waals surface area contributed by atoms with Crippen molar-refractivity contribution in [1.82, 2.24) is 9.62 Å². The van der Waals surface area contributed by atoms with Gasteiger partial charge in [0.1, 0.15) is 0 Å². The largest absolute Gasteiger partial charge is 0.511 e. The SMILES string of the molecule is C=C(C)CN=C(N)NCC1CCN(S(=O)(=O)C(F)(F)F)CC1. The second kappa shape index (κ2) is 7.32. The number of nitrogens with zero attached hydrogens (tertiary/aromatic N) is 2. The van der Waals surface area contributed by atoms with E-state index in [1.165, 1.54) is 0 Å². The van der Waals surface area contributed by atoms with Crippen molar-refractivity contribution in [1.29, 1.82) is 0 Å². The van der Waals surface area contributed by atoms with Gasteiger partial charge in [0.15, 0.2) is 5.96 Å². The monoisotopic (exact) mass is 342 g/mol. The second-order valence-corrected chi connectivity index (χ2v) is 7.26. The number of nitrogens with one attached hydrogen (secondary N) is 1. The lowest BCUT2D eigenvalue weighted by atomic mass is 9.98. The minimum Gasteiger partial charge on any atom is -0.370 e. The highest BCUT2D eigenvalue weighted by Gasteiger charge is 2.50. The van der Waals surface area contributed by atoms with Crippen LogP contribution in [0.25, 0.3) is 0 Å². The molecule has 1 heterocycles. The third-order valence-corrected chi connectivity index (χ3v) is 4.93. The third kappa shape index (κ3) is 5.16. The molecular weight excluding hydrogens is 321 g/mol. The first kappa shape index (κ1) is 18.8. The first-order valence-corrected chi connectivity index (χ1v) is 8.22. The average molecular weight is 342 g/mol. The molecule has 1 fully saturated rings. The number of rotatable bonds is 5. The Morgan fingerprint density at radius 2 is 1.95 bits per heavy atom. The first-order chi connectivity index (χ1) is 10.0. The molecule has 1 aliphatic rings. The van der Waals surface area contributed by atoms with Crippen molar-refractivity contribution in [2.24, 2.45) is 16.6 Å². The molecule has 1 aliphatic heterocycles. The number of piperidine rings is 1. The zero-order valence-corrected chi connectivity index (χ0v) is 13.2. The number of hydrogen-bond donors (Lipinski definition) is 2. The fraction of sp³-hybridized carbons (Fsp3) is 0.750. The van der Waals surface area contributed by atoms with Crippen LogP contribution in [0, 0.1) is 5.92 Å². The molecule has 0 atom stereocenters. The van der Waals surface area contributed by atoms with Gasteiger partial charge in [0.2, 0.25) is 0 Å². The Morgan fingerprint density at radius 1 is 1.41 bits per heavy atom. The van der Waals surface area contributed by atoms with E-state index in [9.17, 15) is 21.6 Å². The topological polar surface area (TPSA) is 87.8 Å². The highest BCUT2D eigenvalue weighted by Crippen LogP contribution is 2.30. The summed E-state index contributed by atoms with van der Waals surface area (Å²) in [6.45, 7) is 6.07. The summed E-state index contributed by atoms with van der Waals surface area (Å²) in [5, 5.41) is 2.89. The van der Waals surface area contributed by atoms with Crippen LogP contribution in [0.5, 0.6) is 0 Å². The molecule has 10 heteroatoms. The number of guanidine groups is 1. The Hall–Kier alpha value is -1.29. The minimum atomic E-state index is -5.24. The van der Waals surface area contributed by atoms with Gasteiger partial charge in [-0.05, 0) is 25.7 Å². The molecule has 128 valence electrons. The molecule has 0 radical (unpaired) electrons. The minimum absolute atomic E-state index is 0.0539. The molecule has 22 heavy (non-hydrogen) atoms. The lowest BCUT2D eigenvalue weighted by molar-refractivity contribution is -0.0496. The first-order valence-electron chi connectivity index (χ1n) is 6.78. The van der Waals surface area contributed by atoms with E-state index in [0.717, 1.165) is 5.57 Å². The normalized spacial score (nSPS) is 19.2. The summed E-state index contributed by atoms with van der Waals surface area (Å²) in [4.78, 5) is 4.02. The van der Waals surface area contributed by atoms with Gasteiger partial charge in [-0.25, -0.2) is 13.4 Å². The quantitative estimate of drug-likeness (QED) is 0.444. The maximum absolute atomic E-state index is 12.4. The molecule has 0 aliphatic carbocycles. The fourth-order valence-electron chi connectivity index (χ4n) is 2.03. The van der Waals surface area contributed by atoms with Gasteiger partial charge >= 0.3 is 15.5 Å². The molecule has 0 spiro atoms. The van der Waals surface area contributed by atoms with Crippen LogP contribution in [0.2, 0.25) is 0 Å². The summed E-state index contributed by atoms with van der Waals surface area (Å²) in [6.07, 6.45) is 0.687. The van der Waals surface area contributed by atoms with E-state index in [-0.39, 0.29) is 25.0 Å². The van der Waals surface area contributed by atoms with Gasteiger partial charge in [-0.1, -0.05) is 12.2 Å². The molecule has 0 aromatic rings. The molecular formula is C12H21F3N4O2S. The van der Waals surface area contributed by atoms with Crippen molar-refractivity contribution in [3.8, 4) is 0 Å². The maximum atomic E-state index is 12.4. The predicted molar refractivity (Wildman–Crippen MR) is 78.6 cm³/mol. The second-order valence-electron chi connectivity index (χ2n) is 5.33. The Labute approximate surface area is 128 Å². The third-order valence-electron chi connectivity index (χ3n) is 3.30. The van der Waals surface area contributed by atoms with Gasteiger partial charge in [0.05, 0.1) is 6.54 Å². The lowest BCUT2D eigenvalue weighted by Crippen LogP contribution is -2.46. The number of hydrogen-bond acceptors (Lipinski definition) is 3. The molecule has 3 N–H and O–H groups in total. The van der Waals surface area contributed by atoms with E-state index in [1.54, 1.807) is 0 Å². The number of alkyl halides is 3. The van der Waals surface area contributed by atoms with E-state index < -0.39 is 15.5 Å². The van der Waals surface area contributed by atoms with E-state index in [4.69, 9.17) is 5.73 Å². The van der Waals surface area contributed by atoms with Crippen molar-refractivity contribution >= 4 is 16.0 Å². The zero-order chi connectivity index (χ0) is 17.0. The summed E-state index contributed by atoms with van der Waals surface area (Å²) in [7, 11) is -5.22. The highest BCUT2D eigenvalue weighted by molar-refractivity contribution is 7.90. The van der Waals surface area contributed by atoms with E-state index in [1.807, 2.05) is 6.92 Å². The molecule has 1 rings (SSSR count). The Balaban J connectivity index is 2.44. The highest BCUT2D eigenvalue weighted by atomic mass is 32.2. The van der Waals surface area contributed by atoms with Crippen molar-refractivity contribution in [2.75, 3.05) is 26.2 Å². The molecule has 0 unspecified atom stereocenters. The van der Waals surface area contributed by atoms with E-state index >= 15 is 0 Å². The number of halogens is 3. The average Bonchev–Trinajstić information content (AvgIpc) is 2.42. The van der Waals surface area contributed by atoms with Crippen LogP contribution < -0.4 is 11.1 Å². The van der Waals surface area contributed by atoms with Gasteiger partial charge in [-0.2, -0.15) is 17.5 Å². The van der Waals surface area contributed by atoms with Crippen molar-refractivity contribution in [3.05, 3.63) is 12.2 Å². The Morgan fingerprint density at radius 3 is 2.41 bits per heavy atom. The van der Waals surface area contributed by atoms with E-state index in [0.29, 0.717) is 30.2 Å². The van der Waals surface area contributed by atoms with Gasteiger partial charge in [0, 0.05) is 19.6 Å². The van der Waals surface area contributed by atoms with E-state index in [2.05, 4.69) is 16.9 Å². The van der Waals surface area contributed by atoms with Gasteiger partial charge in [0.25, 0.3) is 0 Å². The van der Waals surface area contributed by atoms with Gasteiger partial charge in [-0.15, -0.1) is 0 Å². The van der Waals surface area contributed by atoms with Crippen LogP contribution in [-0.2, 0) is 10.0 Å². The van der Waals surface area contributed by atoms with Crippen LogP contribution in [0.3, 0.4) is 0 Å². The summed E-state index contributed by atoms with van der Waals surface area (Å²) >= 11 is 0. The van der Waals surface area contributed by atoms with Crippen molar-refractivity contribution in [2.45, 2.75) is 25.3 Å². The summed E-state index contributed by atoms with van der Waals surface area (Å²) < 4.78 is 60.3. The number of nitrogens with two attached hydrogens (primary N) is 1. The zero-order valence-electron chi connectivity index (χ0n) is 12.4. The fourth-order valence-corrected chi connectivity index (χ4v) is 3.01. The summed E-state index contributed by atoms with van der Waals surface area (Å²) in [5.41, 5.74) is 1.25. The van der Waals surface area contributed by atoms with Crippen molar-refractivity contribution < 1.29 is 21.6 Å². The molecule has 0 amide bonds. The molecule has 0 aromatic carbocycles. The molecule has 0 aromatic heterocycles. The summed E-state index contributed by atoms with van der Waals surface area (Å²) in [5.74, 6) is 0.298. The number of aliphatic imine (C=N–C) groups is 1. The van der Waals surface area contributed by atoms with Crippen LogP contribution in [0.15, 0.2) is 17.1 Å². The summed E-state index contributed by atoms with van der Waals surface area (Å²) in [6, 6.07) is 0. The molecule has 0 saturated carbocycles. The smallest absolute Gasteiger partial charge is 0.370 e. The van der Waals surface area contributed by atoms with Gasteiger partial charge < -0.3 is 11.1 Å². The van der Waals surface area contributed by atoms with Crippen molar-refractivity contribution in [3.63, 3.8) is 0 Å². The molecule has 1 saturated heterocycles. The maximum Gasteiger partial charge on any atom is 0.511 e. The predicted octanol–water partition coefficient (Wildman–Crippen LogP) is 1.03. The van der Waals surface area contributed by atoms with Crippen LogP contribution in [0.1, 0.15) is 19.8 Å². The Kier molecular flexibility index (Phi) is 6.24. The van der Waals surface area contributed by atoms with Crippen LogP contribution in [0.4, 0.5) is 13.2 Å².